The van der Waals surface area contributed by atoms with E-state index in [2.05, 4.69) is 21.6 Å². The van der Waals surface area contributed by atoms with Crippen molar-refractivity contribution in [2.45, 2.75) is 25.7 Å². The summed E-state index contributed by atoms with van der Waals surface area (Å²) in [4.78, 5) is 27.1. The lowest BCUT2D eigenvalue weighted by Gasteiger charge is -2.28. The first-order chi connectivity index (χ1) is 13.7. The summed E-state index contributed by atoms with van der Waals surface area (Å²) in [6.45, 7) is 4.91. The quantitative estimate of drug-likeness (QED) is 0.779. The highest BCUT2D eigenvalue weighted by Crippen LogP contribution is 2.30. The Morgan fingerprint density at radius 2 is 1.64 bits per heavy atom. The minimum absolute atomic E-state index is 0.00338. The Bertz CT molecular complexity index is 699. The number of hydrogen-bond acceptors (Lipinski definition) is 5. The average Bonchev–Trinajstić information content (AvgIpc) is 2.75. The van der Waals surface area contributed by atoms with Gasteiger partial charge in [0.2, 0.25) is 11.8 Å². The number of benzene rings is 1. The van der Waals surface area contributed by atoms with Crippen molar-refractivity contribution in [1.29, 1.82) is 5.26 Å². The first-order valence-corrected chi connectivity index (χ1v) is 10.0. The Balaban J connectivity index is 1.36. The molecule has 1 aliphatic heterocycles. The number of amides is 2. The van der Waals surface area contributed by atoms with Crippen LogP contribution in [-0.4, -0.2) is 56.1 Å². The van der Waals surface area contributed by atoms with E-state index in [1.54, 1.807) is 24.3 Å². The van der Waals surface area contributed by atoms with Crippen molar-refractivity contribution in [3.8, 4) is 6.07 Å². The number of nitriles is 1. The Hall–Kier alpha value is -2.43. The van der Waals surface area contributed by atoms with Gasteiger partial charge in [0.15, 0.2) is 0 Å². The van der Waals surface area contributed by atoms with Crippen LogP contribution in [0.1, 0.15) is 31.2 Å². The minimum atomic E-state index is -0.0620. The summed E-state index contributed by atoms with van der Waals surface area (Å²) in [6, 6.07) is 8.92. The van der Waals surface area contributed by atoms with Crippen LogP contribution in [0.5, 0.6) is 0 Å². The SMILES string of the molecule is N#Cc1ccc(NC(=O)C2CCC(C(=O)NCCN3CCOCC3)CC2)cc1. The molecule has 0 spiro atoms. The van der Waals surface area contributed by atoms with Gasteiger partial charge in [-0.25, -0.2) is 0 Å². The standard InChI is InChI=1S/C21H28N4O3/c22-15-16-1-7-19(8-2-16)24-21(27)18-5-3-17(4-6-18)20(26)23-9-10-25-11-13-28-14-12-25/h1-2,7-8,17-18H,3-6,9-14H2,(H,23,26)(H,24,27). The zero-order valence-electron chi connectivity index (χ0n) is 16.2. The van der Waals surface area contributed by atoms with E-state index >= 15 is 0 Å². The molecule has 2 aliphatic rings. The van der Waals surface area contributed by atoms with E-state index in [0.717, 1.165) is 58.5 Å². The van der Waals surface area contributed by atoms with Crippen LogP contribution < -0.4 is 10.6 Å². The largest absolute Gasteiger partial charge is 0.379 e. The van der Waals surface area contributed by atoms with E-state index in [9.17, 15) is 9.59 Å². The van der Waals surface area contributed by atoms with Crippen molar-refractivity contribution < 1.29 is 14.3 Å². The van der Waals surface area contributed by atoms with Crippen LogP contribution in [-0.2, 0) is 14.3 Å². The summed E-state index contributed by atoms with van der Waals surface area (Å²) < 4.78 is 5.32. The lowest BCUT2D eigenvalue weighted by atomic mass is 9.81. The van der Waals surface area contributed by atoms with E-state index in [1.807, 2.05) is 0 Å². The highest BCUT2D eigenvalue weighted by Gasteiger charge is 2.29. The van der Waals surface area contributed by atoms with Gasteiger partial charge in [0, 0.05) is 43.7 Å². The van der Waals surface area contributed by atoms with Crippen molar-refractivity contribution in [2.24, 2.45) is 11.8 Å². The van der Waals surface area contributed by atoms with Gasteiger partial charge < -0.3 is 15.4 Å². The summed E-state index contributed by atoms with van der Waals surface area (Å²) >= 11 is 0. The monoisotopic (exact) mass is 384 g/mol. The highest BCUT2D eigenvalue weighted by molar-refractivity contribution is 5.92. The molecule has 28 heavy (non-hydrogen) atoms. The van der Waals surface area contributed by atoms with Gasteiger partial charge in [0.1, 0.15) is 0 Å². The van der Waals surface area contributed by atoms with Crippen molar-refractivity contribution in [3.63, 3.8) is 0 Å². The molecule has 2 N–H and O–H groups in total. The number of ether oxygens (including phenoxy) is 1. The predicted octanol–water partition coefficient (Wildman–Crippen LogP) is 1.75. The number of rotatable bonds is 6. The van der Waals surface area contributed by atoms with Gasteiger partial charge in [-0.2, -0.15) is 5.26 Å². The summed E-state index contributed by atoms with van der Waals surface area (Å²) in [6.07, 6.45) is 2.94. The number of carbonyl (C=O) groups is 2. The molecule has 0 aromatic heterocycles. The fourth-order valence-electron chi connectivity index (χ4n) is 3.80. The molecule has 0 unspecified atom stereocenters. The van der Waals surface area contributed by atoms with Crippen LogP contribution in [0, 0.1) is 23.2 Å². The molecule has 0 radical (unpaired) electrons. The third kappa shape index (κ3) is 5.78. The molecule has 7 heteroatoms. The van der Waals surface area contributed by atoms with Gasteiger partial charge >= 0.3 is 0 Å². The van der Waals surface area contributed by atoms with Crippen molar-refractivity contribution in [2.75, 3.05) is 44.7 Å². The molecular weight excluding hydrogens is 356 g/mol. The molecule has 7 nitrogen and oxygen atoms in total. The molecule has 2 fully saturated rings. The molecule has 1 aliphatic carbocycles. The lowest BCUT2D eigenvalue weighted by molar-refractivity contribution is -0.128. The first kappa shape index (κ1) is 20.3. The van der Waals surface area contributed by atoms with E-state index in [4.69, 9.17) is 10.00 Å². The molecule has 2 amide bonds. The maximum Gasteiger partial charge on any atom is 0.227 e. The van der Waals surface area contributed by atoms with Gasteiger partial charge in [-0.05, 0) is 49.9 Å². The van der Waals surface area contributed by atoms with E-state index in [-0.39, 0.29) is 23.7 Å². The zero-order valence-corrected chi connectivity index (χ0v) is 16.2. The summed E-state index contributed by atoms with van der Waals surface area (Å²) in [5, 5.41) is 14.8. The number of anilines is 1. The van der Waals surface area contributed by atoms with Gasteiger partial charge in [-0.15, -0.1) is 0 Å². The van der Waals surface area contributed by atoms with Gasteiger partial charge in [-0.3, -0.25) is 14.5 Å². The molecule has 1 heterocycles. The Kier molecular flexibility index (Phi) is 7.40. The van der Waals surface area contributed by atoms with Crippen LogP contribution in [0.2, 0.25) is 0 Å². The second-order valence-electron chi connectivity index (χ2n) is 7.47. The fourth-order valence-corrected chi connectivity index (χ4v) is 3.80. The molecule has 0 atom stereocenters. The summed E-state index contributed by atoms with van der Waals surface area (Å²) in [5.41, 5.74) is 1.27. The third-order valence-corrected chi connectivity index (χ3v) is 5.58. The van der Waals surface area contributed by atoms with Crippen LogP contribution in [0.25, 0.3) is 0 Å². The predicted molar refractivity (Wildman–Crippen MR) is 106 cm³/mol. The lowest BCUT2D eigenvalue weighted by Crippen LogP contribution is -2.43. The molecule has 150 valence electrons. The molecule has 3 rings (SSSR count). The molecule has 1 aromatic carbocycles. The van der Waals surface area contributed by atoms with Crippen molar-refractivity contribution >= 4 is 17.5 Å². The molecule has 1 saturated carbocycles. The van der Waals surface area contributed by atoms with Gasteiger partial charge in [0.25, 0.3) is 0 Å². The molecular formula is C21H28N4O3. The number of nitrogens with zero attached hydrogens (tertiary/aromatic N) is 2. The van der Waals surface area contributed by atoms with Gasteiger partial charge in [-0.1, -0.05) is 0 Å². The number of nitrogens with one attached hydrogen (secondary N) is 2. The number of hydrogen-bond donors (Lipinski definition) is 2. The second-order valence-corrected chi connectivity index (χ2v) is 7.47. The van der Waals surface area contributed by atoms with Crippen molar-refractivity contribution in [3.05, 3.63) is 29.8 Å². The smallest absolute Gasteiger partial charge is 0.227 e. The first-order valence-electron chi connectivity index (χ1n) is 10.0. The average molecular weight is 384 g/mol. The second kappa shape index (κ2) is 10.2. The normalized spacial score (nSPS) is 22.8. The Labute approximate surface area is 166 Å². The number of carbonyl (C=O) groups excluding carboxylic acids is 2. The van der Waals surface area contributed by atoms with E-state index < -0.39 is 0 Å². The van der Waals surface area contributed by atoms with Crippen LogP contribution in [0.15, 0.2) is 24.3 Å². The fraction of sp³-hybridized carbons (Fsp3) is 0.571. The topological polar surface area (TPSA) is 94.5 Å². The van der Waals surface area contributed by atoms with Crippen LogP contribution >= 0.6 is 0 Å². The van der Waals surface area contributed by atoms with Crippen LogP contribution in [0.4, 0.5) is 5.69 Å². The molecule has 1 saturated heterocycles. The molecule has 1 aromatic rings. The van der Waals surface area contributed by atoms with E-state index in [0.29, 0.717) is 17.8 Å². The van der Waals surface area contributed by atoms with Crippen molar-refractivity contribution in [1.82, 2.24) is 10.2 Å². The summed E-state index contributed by atoms with van der Waals surface area (Å²) in [7, 11) is 0. The summed E-state index contributed by atoms with van der Waals surface area (Å²) in [5.74, 6) is 0.0480. The Morgan fingerprint density at radius 1 is 1.04 bits per heavy atom. The zero-order chi connectivity index (χ0) is 19.8. The number of morpholine rings is 1. The maximum absolute atomic E-state index is 12.5. The minimum Gasteiger partial charge on any atom is -0.379 e. The maximum atomic E-state index is 12.5. The molecule has 0 bridgehead atoms. The third-order valence-electron chi connectivity index (χ3n) is 5.58. The Morgan fingerprint density at radius 3 is 2.25 bits per heavy atom. The van der Waals surface area contributed by atoms with Gasteiger partial charge in [0.05, 0.1) is 24.8 Å². The van der Waals surface area contributed by atoms with Crippen LogP contribution in [0.3, 0.4) is 0 Å². The highest BCUT2D eigenvalue weighted by atomic mass is 16.5. The van der Waals surface area contributed by atoms with E-state index in [1.165, 1.54) is 0 Å².